The monoisotopic (exact) mass is 461 g/mol. The van der Waals surface area contributed by atoms with E-state index >= 15 is 0 Å². The number of amides is 3. The molecule has 2 aliphatic heterocycles. The Morgan fingerprint density at radius 1 is 1.18 bits per heavy atom. The molecule has 1 saturated heterocycles. The van der Waals surface area contributed by atoms with E-state index in [1.807, 2.05) is 49.4 Å². The van der Waals surface area contributed by atoms with Crippen LogP contribution in [0, 0.1) is 0 Å². The van der Waals surface area contributed by atoms with Crippen molar-refractivity contribution in [1.82, 2.24) is 9.80 Å². The van der Waals surface area contributed by atoms with Crippen molar-refractivity contribution in [3.05, 3.63) is 72.3 Å². The summed E-state index contributed by atoms with van der Waals surface area (Å²) in [5, 5.41) is 0. The van der Waals surface area contributed by atoms with Gasteiger partial charge in [0.1, 0.15) is 11.4 Å². The van der Waals surface area contributed by atoms with Crippen LogP contribution in [0.15, 0.2) is 61.2 Å². The van der Waals surface area contributed by atoms with Gasteiger partial charge in [0.2, 0.25) is 11.8 Å². The van der Waals surface area contributed by atoms with Gasteiger partial charge >= 0.3 is 0 Å². The first-order valence-corrected chi connectivity index (χ1v) is 11.6. The van der Waals surface area contributed by atoms with Gasteiger partial charge in [0, 0.05) is 32.5 Å². The number of rotatable bonds is 9. The molecule has 4 rings (SSSR count). The van der Waals surface area contributed by atoms with Crippen LogP contribution in [0.1, 0.15) is 48.5 Å². The Hall–Kier alpha value is -3.61. The van der Waals surface area contributed by atoms with Gasteiger partial charge in [-0.3, -0.25) is 19.3 Å². The summed E-state index contributed by atoms with van der Waals surface area (Å²) in [4.78, 5) is 44.4. The fraction of sp³-hybridized carbons (Fsp3) is 0.370. The third kappa shape index (κ3) is 4.30. The molecule has 34 heavy (non-hydrogen) atoms. The SMILES string of the molecule is C=CCN(Cc1ccc(OC)cc1)C(=O)CCCN1C(=O)c2ccccc2N2C(=O)CCC12C. The molecule has 0 N–H and O–H groups in total. The summed E-state index contributed by atoms with van der Waals surface area (Å²) in [6.07, 6.45) is 3.53. The summed E-state index contributed by atoms with van der Waals surface area (Å²) in [5.74, 6) is 0.717. The summed E-state index contributed by atoms with van der Waals surface area (Å²) in [6.45, 7) is 7.06. The molecule has 3 amide bonds. The van der Waals surface area contributed by atoms with Crippen LogP contribution in [-0.4, -0.2) is 53.4 Å². The molecule has 2 aliphatic rings. The number of carbonyl (C=O) groups excluding carboxylic acids is 3. The van der Waals surface area contributed by atoms with E-state index in [2.05, 4.69) is 6.58 Å². The highest BCUT2D eigenvalue weighted by Gasteiger charge is 2.52. The minimum absolute atomic E-state index is 0.00471. The van der Waals surface area contributed by atoms with Gasteiger partial charge in [0.25, 0.3) is 5.91 Å². The van der Waals surface area contributed by atoms with Gasteiger partial charge in [-0.1, -0.05) is 30.3 Å². The second kappa shape index (κ2) is 9.71. The molecular weight excluding hydrogens is 430 g/mol. The molecule has 1 atom stereocenters. The lowest BCUT2D eigenvalue weighted by molar-refractivity contribution is -0.131. The van der Waals surface area contributed by atoms with Gasteiger partial charge < -0.3 is 14.5 Å². The van der Waals surface area contributed by atoms with E-state index in [0.29, 0.717) is 56.6 Å². The number of benzene rings is 2. The quantitative estimate of drug-likeness (QED) is 0.530. The van der Waals surface area contributed by atoms with Crippen molar-refractivity contribution < 1.29 is 19.1 Å². The largest absolute Gasteiger partial charge is 0.497 e. The summed E-state index contributed by atoms with van der Waals surface area (Å²) in [5.41, 5.74) is 1.53. The molecule has 7 heteroatoms. The van der Waals surface area contributed by atoms with Crippen LogP contribution in [0.4, 0.5) is 5.69 Å². The summed E-state index contributed by atoms with van der Waals surface area (Å²) in [6, 6.07) is 14.9. The van der Waals surface area contributed by atoms with Crippen LogP contribution in [0.25, 0.3) is 0 Å². The number of carbonyl (C=O) groups is 3. The Kier molecular flexibility index (Phi) is 6.72. The molecule has 0 saturated carbocycles. The highest BCUT2D eigenvalue weighted by Crippen LogP contribution is 2.44. The topological polar surface area (TPSA) is 70.2 Å². The average molecular weight is 462 g/mol. The lowest BCUT2D eigenvalue weighted by Crippen LogP contribution is -2.62. The maximum absolute atomic E-state index is 13.3. The van der Waals surface area contributed by atoms with Crippen LogP contribution in [0.3, 0.4) is 0 Å². The van der Waals surface area contributed by atoms with Gasteiger partial charge in [0.05, 0.1) is 18.4 Å². The first-order valence-electron chi connectivity index (χ1n) is 11.6. The fourth-order valence-corrected chi connectivity index (χ4v) is 4.95. The fourth-order valence-electron chi connectivity index (χ4n) is 4.95. The third-order valence-electron chi connectivity index (χ3n) is 6.75. The van der Waals surface area contributed by atoms with Gasteiger partial charge in [-0.05, 0) is 49.6 Å². The molecular formula is C27H31N3O4. The van der Waals surface area contributed by atoms with E-state index < -0.39 is 5.66 Å². The Balaban J connectivity index is 1.44. The maximum Gasteiger partial charge on any atom is 0.257 e. The maximum atomic E-state index is 13.3. The second-order valence-electron chi connectivity index (χ2n) is 8.93. The minimum Gasteiger partial charge on any atom is -0.497 e. The molecule has 2 aromatic rings. The van der Waals surface area contributed by atoms with Crippen molar-refractivity contribution >= 4 is 23.4 Å². The van der Waals surface area contributed by atoms with Crippen LogP contribution in [-0.2, 0) is 16.1 Å². The number of para-hydroxylation sites is 1. The van der Waals surface area contributed by atoms with Crippen molar-refractivity contribution in [2.24, 2.45) is 0 Å². The van der Waals surface area contributed by atoms with E-state index in [9.17, 15) is 14.4 Å². The number of ether oxygens (including phenoxy) is 1. The van der Waals surface area contributed by atoms with Crippen molar-refractivity contribution in [2.45, 2.75) is 44.8 Å². The molecule has 2 heterocycles. The van der Waals surface area contributed by atoms with Crippen molar-refractivity contribution in [3.63, 3.8) is 0 Å². The van der Waals surface area contributed by atoms with Crippen LogP contribution < -0.4 is 9.64 Å². The normalized spacial score (nSPS) is 19.0. The molecule has 0 bridgehead atoms. The predicted molar refractivity (Wildman–Crippen MR) is 130 cm³/mol. The first kappa shape index (κ1) is 23.5. The van der Waals surface area contributed by atoms with Crippen LogP contribution in [0.5, 0.6) is 5.75 Å². The lowest BCUT2D eigenvalue weighted by Gasteiger charge is -2.48. The molecule has 7 nitrogen and oxygen atoms in total. The predicted octanol–water partition coefficient (Wildman–Crippen LogP) is 3.99. The highest BCUT2D eigenvalue weighted by molar-refractivity contribution is 6.10. The van der Waals surface area contributed by atoms with Gasteiger partial charge in [-0.15, -0.1) is 6.58 Å². The standard InChI is InChI=1S/C27H31N3O4/c1-4-17-28(19-20-11-13-21(34-3)14-12-20)24(31)10-7-18-29-26(33)22-8-5-6-9-23(22)30-25(32)15-16-27(29,30)2/h4-6,8-9,11-14H,1,7,10,15-19H2,2-3H3. The van der Waals surface area contributed by atoms with E-state index in [1.165, 1.54) is 0 Å². The van der Waals surface area contributed by atoms with Crippen molar-refractivity contribution in [1.29, 1.82) is 0 Å². The number of fused-ring (bicyclic) bond motifs is 3. The molecule has 2 aromatic carbocycles. The minimum atomic E-state index is -0.699. The molecule has 1 fully saturated rings. The number of hydrogen-bond acceptors (Lipinski definition) is 4. The Bertz CT molecular complexity index is 1100. The smallest absolute Gasteiger partial charge is 0.257 e. The van der Waals surface area contributed by atoms with Gasteiger partial charge in [-0.25, -0.2) is 0 Å². The first-order chi connectivity index (χ1) is 16.4. The number of hydrogen-bond donors (Lipinski definition) is 0. The zero-order valence-corrected chi connectivity index (χ0v) is 19.8. The number of nitrogens with zero attached hydrogens (tertiary/aromatic N) is 3. The Morgan fingerprint density at radius 3 is 2.62 bits per heavy atom. The zero-order chi connectivity index (χ0) is 24.3. The van der Waals surface area contributed by atoms with E-state index in [-0.39, 0.29) is 17.7 Å². The Morgan fingerprint density at radius 2 is 1.91 bits per heavy atom. The van der Waals surface area contributed by atoms with Crippen molar-refractivity contribution in [3.8, 4) is 5.75 Å². The number of anilines is 1. The molecule has 0 radical (unpaired) electrons. The average Bonchev–Trinajstić information content (AvgIpc) is 3.16. The molecule has 178 valence electrons. The van der Waals surface area contributed by atoms with E-state index in [4.69, 9.17) is 4.74 Å². The molecule has 0 aliphatic carbocycles. The van der Waals surface area contributed by atoms with Crippen LogP contribution in [0.2, 0.25) is 0 Å². The summed E-state index contributed by atoms with van der Waals surface area (Å²) in [7, 11) is 1.62. The summed E-state index contributed by atoms with van der Waals surface area (Å²) < 4.78 is 5.20. The Labute approximate surface area is 200 Å². The van der Waals surface area contributed by atoms with Gasteiger partial charge in [-0.2, -0.15) is 0 Å². The lowest BCUT2D eigenvalue weighted by atomic mass is 9.98. The van der Waals surface area contributed by atoms with E-state index in [1.54, 1.807) is 34.0 Å². The molecule has 0 aromatic heterocycles. The second-order valence-corrected chi connectivity index (χ2v) is 8.93. The highest BCUT2D eigenvalue weighted by atomic mass is 16.5. The third-order valence-corrected chi connectivity index (χ3v) is 6.75. The van der Waals surface area contributed by atoms with Crippen molar-refractivity contribution in [2.75, 3.05) is 25.1 Å². The zero-order valence-electron chi connectivity index (χ0n) is 19.8. The summed E-state index contributed by atoms with van der Waals surface area (Å²) >= 11 is 0. The van der Waals surface area contributed by atoms with Crippen LogP contribution >= 0.6 is 0 Å². The van der Waals surface area contributed by atoms with E-state index in [0.717, 1.165) is 11.3 Å². The van der Waals surface area contributed by atoms with Gasteiger partial charge in [0.15, 0.2) is 0 Å². The molecule has 1 unspecified atom stereocenters. The number of methoxy groups -OCH3 is 1. The molecule has 0 spiro atoms.